The summed E-state index contributed by atoms with van der Waals surface area (Å²) in [6, 6.07) is 4.58. The average molecular weight is 382 g/mol. The highest BCUT2D eigenvalue weighted by Crippen LogP contribution is 2.52. The van der Waals surface area contributed by atoms with Gasteiger partial charge in [0.25, 0.3) is 0 Å². The SMILES string of the molecule is CCCc1cc2c(cc1C#CCN1CCC(C)(F)CC1)N=C(NC)C21CCC1. The summed E-state index contributed by atoms with van der Waals surface area (Å²) in [5, 5.41) is 3.34. The highest BCUT2D eigenvalue weighted by atomic mass is 19.1. The Morgan fingerprint density at radius 3 is 2.57 bits per heavy atom. The molecule has 4 heteroatoms. The average Bonchev–Trinajstić information content (AvgIpc) is 2.97. The number of hydrogen-bond donors (Lipinski definition) is 1. The Morgan fingerprint density at radius 1 is 1.21 bits per heavy atom. The van der Waals surface area contributed by atoms with Crippen LogP contribution in [0.1, 0.15) is 69.1 Å². The molecule has 150 valence electrons. The number of halogens is 1. The maximum Gasteiger partial charge on any atom is 0.113 e. The first kappa shape index (κ1) is 19.5. The van der Waals surface area contributed by atoms with Crippen LogP contribution >= 0.6 is 0 Å². The van der Waals surface area contributed by atoms with Crippen molar-refractivity contribution in [2.75, 3.05) is 26.7 Å². The molecule has 0 aromatic heterocycles. The molecule has 4 rings (SSSR count). The molecule has 1 aromatic carbocycles. The fraction of sp³-hybridized carbons (Fsp3) is 0.625. The van der Waals surface area contributed by atoms with Gasteiger partial charge in [-0.1, -0.05) is 37.7 Å². The summed E-state index contributed by atoms with van der Waals surface area (Å²) in [4.78, 5) is 7.17. The summed E-state index contributed by atoms with van der Waals surface area (Å²) in [6.45, 7) is 6.25. The molecular weight excluding hydrogens is 349 g/mol. The summed E-state index contributed by atoms with van der Waals surface area (Å²) in [5.41, 5.74) is 4.09. The van der Waals surface area contributed by atoms with Crippen LogP contribution in [-0.2, 0) is 11.8 Å². The number of likely N-dealkylation sites (tertiary alicyclic amines) is 1. The van der Waals surface area contributed by atoms with Gasteiger partial charge in [-0.15, -0.1) is 0 Å². The van der Waals surface area contributed by atoms with Gasteiger partial charge in [-0.2, -0.15) is 0 Å². The number of nitrogens with one attached hydrogen (secondary N) is 1. The molecule has 1 aliphatic carbocycles. The second kappa shape index (κ2) is 7.52. The van der Waals surface area contributed by atoms with Gasteiger partial charge in [0.1, 0.15) is 11.5 Å². The molecule has 0 bridgehead atoms. The van der Waals surface area contributed by atoms with E-state index in [9.17, 15) is 4.39 Å². The Labute approximate surface area is 168 Å². The first-order chi connectivity index (χ1) is 13.5. The minimum Gasteiger partial charge on any atom is -0.376 e. The number of amidine groups is 1. The van der Waals surface area contributed by atoms with Crippen molar-refractivity contribution in [1.29, 1.82) is 0 Å². The van der Waals surface area contributed by atoms with Gasteiger partial charge in [0, 0.05) is 25.7 Å². The van der Waals surface area contributed by atoms with Crippen LogP contribution in [0.5, 0.6) is 0 Å². The molecule has 0 amide bonds. The zero-order valence-corrected chi connectivity index (χ0v) is 17.5. The third kappa shape index (κ3) is 3.46. The highest BCUT2D eigenvalue weighted by Gasteiger charge is 2.48. The molecule has 2 aliphatic heterocycles. The largest absolute Gasteiger partial charge is 0.376 e. The molecule has 1 saturated carbocycles. The zero-order valence-electron chi connectivity index (χ0n) is 17.5. The normalized spacial score (nSPS) is 22.1. The molecule has 1 N–H and O–H groups in total. The Balaban J connectivity index is 1.56. The van der Waals surface area contributed by atoms with Gasteiger partial charge in [0.15, 0.2) is 0 Å². The van der Waals surface area contributed by atoms with Gasteiger partial charge in [-0.25, -0.2) is 9.38 Å². The molecule has 0 atom stereocenters. The number of fused-ring (bicyclic) bond motifs is 2. The van der Waals surface area contributed by atoms with Crippen LogP contribution in [0.3, 0.4) is 0 Å². The molecule has 2 heterocycles. The van der Waals surface area contributed by atoms with Crippen molar-refractivity contribution in [3.63, 3.8) is 0 Å². The van der Waals surface area contributed by atoms with Crippen LogP contribution in [0, 0.1) is 11.8 Å². The quantitative estimate of drug-likeness (QED) is 0.781. The van der Waals surface area contributed by atoms with Gasteiger partial charge in [-0.3, -0.25) is 4.90 Å². The number of rotatable bonds is 3. The summed E-state index contributed by atoms with van der Waals surface area (Å²) in [6.07, 6.45) is 7.04. The van der Waals surface area contributed by atoms with E-state index in [1.54, 1.807) is 6.92 Å². The molecule has 2 fully saturated rings. The van der Waals surface area contributed by atoms with Crippen molar-refractivity contribution in [2.24, 2.45) is 4.99 Å². The van der Waals surface area contributed by atoms with E-state index in [0.29, 0.717) is 19.4 Å². The van der Waals surface area contributed by atoms with Crippen molar-refractivity contribution >= 4 is 11.5 Å². The molecule has 28 heavy (non-hydrogen) atoms. The molecule has 0 unspecified atom stereocenters. The van der Waals surface area contributed by atoms with E-state index >= 15 is 0 Å². The van der Waals surface area contributed by atoms with Crippen LogP contribution in [0.2, 0.25) is 0 Å². The Morgan fingerprint density at radius 2 is 1.96 bits per heavy atom. The predicted octanol–water partition coefficient (Wildman–Crippen LogP) is 4.50. The number of piperidine rings is 1. The standard InChI is InChI=1S/C24H32FN3/c1-4-7-18-16-20-21(27-22(26-3)24(20)9-6-10-24)17-19(18)8-5-13-28-14-11-23(2,25)12-15-28/h16-17H,4,6-7,9-15H2,1-3H3,(H,26,27). The topological polar surface area (TPSA) is 27.6 Å². The first-order valence-corrected chi connectivity index (χ1v) is 10.8. The Bertz CT molecular complexity index is 829. The zero-order chi connectivity index (χ0) is 19.8. The van der Waals surface area contributed by atoms with Crippen molar-refractivity contribution < 1.29 is 4.39 Å². The number of aryl methyl sites for hydroxylation is 1. The van der Waals surface area contributed by atoms with Crippen LogP contribution in [0.4, 0.5) is 10.1 Å². The highest BCUT2D eigenvalue weighted by molar-refractivity contribution is 6.01. The monoisotopic (exact) mass is 381 g/mol. The Hall–Kier alpha value is -1.86. The van der Waals surface area contributed by atoms with E-state index in [4.69, 9.17) is 4.99 Å². The molecule has 0 radical (unpaired) electrons. The minimum absolute atomic E-state index is 0.130. The molecule has 1 spiro atoms. The molecule has 3 nitrogen and oxygen atoms in total. The third-order valence-electron chi connectivity index (χ3n) is 6.81. The maximum absolute atomic E-state index is 14.0. The van der Waals surface area contributed by atoms with Crippen molar-refractivity contribution in [2.45, 2.75) is 69.9 Å². The van der Waals surface area contributed by atoms with E-state index in [-0.39, 0.29) is 5.41 Å². The second-order valence-electron chi connectivity index (χ2n) is 8.91. The summed E-state index contributed by atoms with van der Waals surface area (Å²) in [7, 11) is 1.99. The maximum atomic E-state index is 14.0. The Kier molecular flexibility index (Phi) is 5.22. The molecule has 1 saturated heterocycles. The van der Waals surface area contributed by atoms with E-state index in [2.05, 4.69) is 41.1 Å². The van der Waals surface area contributed by atoms with E-state index < -0.39 is 5.67 Å². The lowest BCUT2D eigenvalue weighted by Crippen LogP contribution is -2.45. The van der Waals surface area contributed by atoms with E-state index in [0.717, 1.165) is 43.0 Å². The van der Waals surface area contributed by atoms with Gasteiger partial charge in [-0.05, 0) is 56.2 Å². The number of benzene rings is 1. The lowest BCUT2D eigenvalue weighted by atomic mass is 9.64. The van der Waals surface area contributed by atoms with Gasteiger partial charge in [0.05, 0.1) is 17.6 Å². The number of aliphatic imine (C=N–C) groups is 1. The first-order valence-electron chi connectivity index (χ1n) is 10.8. The van der Waals surface area contributed by atoms with E-state index in [1.165, 1.54) is 30.4 Å². The lowest BCUT2D eigenvalue weighted by Gasteiger charge is -2.40. The van der Waals surface area contributed by atoms with Gasteiger partial charge >= 0.3 is 0 Å². The number of alkyl halides is 1. The predicted molar refractivity (Wildman–Crippen MR) is 114 cm³/mol. The molecular formula is C24H32FN3. The molecule has 3 aliphatic rings. The summed E-state index contributed by atoms with van der Waals surface area (Å²) >= 11 is 0. The van der Waals surface area contributed by atoms with Crippen LogP contribution < -0.4 is 5.32 Å². The third-order valence-corrected chi connectivity index (χ3v) is 6.81. The van der Waals surface area contributed by atoms with Gasteiger partial charge < -0.3 is 5.32 Å². The number of hydrogen-bond acceptors (Lipinski definition) is 3. The fourth-order valence-electron chi connectivity index (χ4n) is 4.81. The lowest BCUT2D eigenvalue weighted by molar-refractivity contribution is 0.0810. The smallest absolute Gasteiger partial charge is 0.113 e. The summed E-state index contributed by atoms with van der Waals surface area (Å²) in [5.74, 6) is 7.90. The summed E-state index contributed by atoms with van der Waals surface area (Å²) < 4.78 is 14.0. The van der Waals surface area contributed by atoms with Gasteiger partial charge in [0.2, 0.25) is 0 Å². The van der Waals surface area contributed by atoms with Crippen molar-refractivity contribution in [3.05, 3.63) is 28.8 Å². The van der Waals surface area contributed by atoms with Crippen LogP contribution in [-0.4, -0.2) is 43.1 Å². The van der Waals surface area contributed by atoms with Crippen molar-refractivity contribution in [1.82, 2.24) is 10.2 Å². The number of nitrogens with zero attached hydrogens (tertiary/aromatic N) is 2. The van der Waals surface area contributed by atoms with Crippen LogP contribution in [0.25, 0.3) is 0 Å². The van der Waals surface area contributed by atoms with Crippen LogP contribution in [0.15, 0.2) is 17.1 Å². The molecule has 1 aromatic rings. The minimum atomic E-state index is -1.00. The number of likely N-dealkylation sites (N-methyl/N-ethyl adjacent to an activating group) is 1. The fourth-order valence-corrected chi connectivity index (χ4v) is 4.81. The second-order valence-corrected chi connectivity index (χ2v) is 8.91. The van der Waals surface area contributed by atoms with E-state index in [1.807, 2.05) is 7.05 Å². The van der Waals surface area contributed by atoms with Crippen molar-refractivity contribution in [3.8, 4) is 11.8 Å².